The molecule has 0 aliphatic rings. The van der Waals surface area contributed by atoms with E-state index in [0.717, 1.165) is 0 Å². The number of hydrogen-bond donors (Lipinski definition) is 0. The zero-order chi connectivity index (χ0) is 4.28. The van der Waals surface area contributed by atoms with E-state index < -0.39 is 0 Å². The van der Waals surface area contributed by atoms with Gasteiger partial charge in [-0.25, -0.2) is 0 Å². The molecule has 0 atom stereocenters. The van der Waals surface area contributed by atoms with Gasteiger partial charge in [0.1, 0.15) is 0 Å². The molecule has 0 bridgehead atoms. The van der Waals surface area contributed by atoms with Gasteiger partial charge in [-0.15, -0.1) is 0 Å². The summed E-state index contributed by atoms with van der Waals surface area (Å²) < 4.78 is 4.24. The minimum absolute atomic E-state index is 0. The maximum absolute atomic E-state index is 9.62. The molecule has 0 radical (unpaired) electrons. The predicted molar refractivity (Wildman–Crippen MR) is 23.9 cm³/mol. The standard InChI is InChI=1S/C2H4O2.H2O.Sb.2H/c1-2(3)4;;;;/h1H3,(H,3,4);1H2;;;/q;;+1;;/p-1. The predicted octanol–water partition coefficient (Wildman–Crippen LogP) is -1.73. The number of rotatable bonds is 0. The van der Waals surface area contributed by atoms with Crippen LogP contribution in [-0.4, -0.2) is 34.9 Å². The Balaban J connectivity index is 0. The Labute approximate surface area is 50.0 Å². The fourth-order valence-electron chi connectivity index (χ4n) is 0. The molecule has 0 rings (SSSR count). The van der Waals surface area contributed by atoms with Crippen molar-refractivity contribution in [3.8, 4) is 0 Å². The molecule has 0 amide bonds. The van der Waals surface area contributed by atoms with Crippen LogP contribution in [0.25, 0.3) is 0 Å². The van der Waals surface area contributed by atoms with Crippen molar-refractivity contribution in [2.75, 3.05) is 0 Å². The smallest absolute Gasteiger partial charge is 0.412 e. The van der Waals surface area contributed by atoms with Crippen molar-refractivity contribution in [2.24, 2.45) is 0 Å². The molecule has 0 heterocycles. The zero-order valence-corrected chi connectivity index (χ0v) is 6.69. The van der Waals surface area contributed by atoms with Gasteiger partial charge in [0.15, 0.2) is 0 Å². The van der Waals surface area contributed by atoms with Gasteiger partial charge in [0.25, 0.3) is 0 Å². The van der Waals surface area contributed by atoms with Crippen LogP contribution in [0.1, 0.15) is 6.92 Å². The summed E-state index contributed by atoms with van der Waals surface area (Å²) in [5.41, 5.74) is 0. The van der Waals surface area contributed by atoms with Crippen LogP contribution in [0.4, 0.5) is 0 Å². The zero-order valence-electron chi connectivity index (χ0n) is 3.39. The maximum Gasteiger partial charge on any atom is -0.412 e. The first-order valence-electron chi connectivity index (χ1n) is 1.14. The summed E-state index contributed by atoms with van der Waals surface area (Å²) in [5.74, 6) is -0.188. The Hall–Kier alpha value is 0.248. The van der Waals surface area contributed by atoms with Crippen molar-refractivity contribution < 1.29 is 13.3 Å². The number of hydrogen-bond acceptors (Lipinski definition) is 2. The monoisotopic (exact) mass is 200 g/mol. The average molecular weight is 201 g/mol. The van der Waals surface area contributed by atoms with Gasteiger partial charge >= 0.3 is 44.1 Å². The second-order valence-corrected chi connectivity index (χ2v) is 1.28. The maximum atomic E-state index is 9.62. The molecule has 0 fully saturated rings. The first-order chi connectivity index (χ1) is 2.27. The molecule has 3 nitrogen and oxygen atoms in total. The minimum atomic E-state index is -0.188. The first-order valence-corrected chi connectivity index (χ1v) is 2.49. The van der Waals surface area contributed by atoms with Crippen molar-refractivity contribution in [3.63, 3.8) is 0 Å². The Bertz CT molecular complexity index is 44.1. The Kier molecular flexibility index (Phi) is 8.34. The average Bonchev–Trinajstić information content (AvgIpc) is 1.38. The fourth-order valence-corrected chi connectivity index (χ4v) is 0. The fraction of sp³-hybridized carbons (Fsp3) is 0.500. The Morgan fingerprint density at radius 2 is 2.00 bits per heavy atom. The van der Waals surface area contributed by atoms with Crippen LogP contribution in [0.3, 0.4) is 0 Å². The van der Waals surface area contributed by atoms with E-state index in [4.69, 9.17) is 0 Å². The van der Waals surface area contributed by atoms with E-state index in [1.54, 1.807) is 0 Å². The van der Waals surface area contributed by atoms with Crippen LogP contribution in [0.2, 0.25) is 0 Å². The van der Waals surface area contributed by atoms with Crippen molar-refractivity contribution in [1.82, 2.24) is 0 Å². The van der Waals surface area contributed by atoms with Gasteiger partial charge in [-0.05, 0) is 0 Å². The van der Waals surface area contributed by atoms with Gasteiger partial charge in [0.05, 0.1) is 0 Å². The molecule has 0 spiro atoms. The minimum Gasteiger partial charge on any atom is -0.412 e. The molecule has 0 unspecified atom stereocenters. The van der Waals surface area contributed by atoms with Crippen LogP contribution in [0, 0.1) is 0 Å². The molecular formula is C2H7O3Sb. The van der Waals surface area contributed by atoms with Crippen LogP contribution < -0.4 is 0 Å². The largest absolute Gasteiger partial charge is 0.412 e. The van der Waals surface area contributed by atoms with E-state index in [0.29, 0.717) is 23.4 Å². The normalized spacial score (nSPS) is 5.67. The summed E-state index contributed by atoms with van der Waals surface area (Å²) in [4.78, 5) is 9.62. The molecule has 0 saturated carbocycles. The third kappa shape index (κ3) is 8.87. The van der Waals surface area contributed by atoms with Crippen LogP contribution in [-0.2, 0) is 7.81 Å². The van der Waals surface area contributed by atoms with Gasteiger partial charge in [-0.1, -0.05) is 0 Å². The molecule has 6 heavy (non-hydrogen) atoms. The van der Waals surface area contributed by atoms with E-state index in [2.05, 4.69) is 3.02 Å². The second kappa shape index (κ2) is 5.25. The van der Waals surface area contributed by atoms with E-state index in [1.165, 1.54) is 6.92 Å². The van der Waals surface area contributed by atoms with Crippen LogP contribution >= 0.6 is 0 Å². The molecule has 0 aromatic carbocycles. The summed E-state index contributed by atoms with van der Waals surface area (Å²) in [6.07, 6.45) is 0. The topological polar surface area (TPSA) is 57.8 Å². The van der Waals surface area contributed by atoms with Gasteiger partial charge in [0.2, 0.25) is 0 Å². The summed E-state index contributed by atoms with van der Waals surface area (Å²) in [6, 6.07) is 0. The Morgan fingerprint density at radius 1 is 1.83 bits per heavy atom. The summed E-state index contributed by atoms with van der Waals surface area (Å²) in [6.45, 7) is 1.39. The van der Waals surface area contributed by atoms with Crippen LogP contribution in [0.15, 0.2) is 0 Å². The summed E-state index contributed by atoms with van der Waals surface area (Å²) in [7, 11) is 0. The van der Waals surface area contributed by atoms with E-state index in [-0.39, 0.29) is 11.4 Å². The van der Waals surface area contributed by atoms with Crippen molar-refractivity contribution in [3.05, 3.63) is 0 Å². The van der Waals surface area contributed by atoms with Gasteiger partial charge in [-0.2, -0.15) is 0 Å². The van der Waals surface area contributed by atoms with Crippen molar-refractivity contribution >= 4 is 29.4 Å². The van der Waals surface area contributed by atoms with E-state index in [9.17, 15) is 4.79 Å². The molecule has 4 heteroatoms. The quantitative estimate of drug-likeness (QED) is 0.437. The van der Waals surface area contributed by atoms with Gasteiger partial charge in [0, 0.05) is 0 Å². The third-order valence-electron chi connectivity index (χ3n) is 0.166. The summed E-state index contributed by atoms with van der Waals surface area (Å²) in [5, 5.41) is 0. The SMILES string of the molecule is CC(=O)[O][SbH2].O. The first kappa shape index (κ1) is 9.54. The Morgan fingerprint density at radius 3 is 2.00 bits per heavy atom. The molecule has 2 N–H and O–H groups in total. The summed E-state index contributed by atoms with van der Waals surface area (Å²) >= 11 is 0.577. The number of carbonyl (C=O) groups is 1. The third-order valence-corrected chi connectivity index (χ3v) is 1.11. The van der Waals surface area contributed by atoms with E-state index >= 15 is 0 Å². The molecule has 0 aliphatic carbocycles. The molecule has 0 aromatic rings. The molecule has 0 aliphatic heterocycles. The molecule has 0 saturated heterocycles. The van der Waals surface area contributed by atoms with Gasteiger partial charge in [-0.3, -0.25) is 0 Å². The van der Waals surface area contributed by atoms with Gasteiger partial charge < -0.3 is 5.48 Å². The van der Waals surface area contributed by atoms with Crippen LogP contribution in [0.5, 0.6) is 0 Å². The van der Waals surface area contributed by atoms with Crippen molar-refractivity contribution in [1.29, 1.82) is 0 Å². The molecule has 38 valence electrons. The molecular weight excluding hydrogens is 194 g/mol. The second-order valence-electron chi connectivity index (χ2n) is 0.609. The van der Waals surface area contributed by atoms with Crippen molar-refractivity contribution in [2.45, 2.75) is 6.92 Å². The van der Waals surface area contributed by atoms with E-state index in [1.807, 2.05) is 0 Å². The molecule has 0 aromatic heterocycles. The number of carbonyl (C=O) groups excluding carboxylic acids is 1.